The lowest BCUT2D eigenvalue weighted by atomic mass is 9.95. The van der Waals surface area contributed by atoms with E-state index in [1.807, 2.05) is 0 Å². The number of rotatable bonds is 6. The van der Waals surface area contributed by atoms with Crippen molar-refractivity contribution in [2.75, 3.05) is 6.54 Å². The van der Waals surface area contributed by atoms with Crippen molar-refractivity contribution in [3.63, 3.8) is 0 Å². The first kappa shape index (κ1) is 16.5. The van der Waals surface area contributed by atoms with E-state index in [1.165, 1.54) is 31.7 Å². The van der Waals surface area contributed by atoms with Crippen LogP contribution in [-0.4, -0.2) is 29.4 Å². The van der Waals surface area contributed by atoms with Crippen molar-refractivity contribution >= 4 is 11.8 Å². The van der Waals surface area contributed by atoms with Gasteiger partial charge < -0.3 is 10.6 Å². The summed E-state index contributed by atoms with van der Waals surface area (Å²) in [6, 6.07) is 1.87. The van der Waals surface area contributed by atoms with Crippen molar-refractivity contribution in [3.8, 4) is 0 Å². The lowest BCUT2D eigenvalue weighted by Gasteiger charge is -2.22. The van der Waals surface area contributed by atoms with Gasteiger partial charge >= 0.3 is 0 Å². The summed E-state index contributed by atoms with van der Waals surface area (Å²) in [4.78, 5) is 28.3. The Morgan fingerprint density at radius 1 is 1.14 bits per heavy atom. The van der Waals surface area contributed by atoms with E-state index in [4.69, 9.17) is 0 Å². The van der Waals surface area contributed by atoms with Gasteiger partial charge in [0.1, 0.15) is 0 Å². The Morgan fingerprint density at radius 3 is 2.50 bits per heavy atom. The van der Waals surface area contributed by atoms with E-state index in [0.29, 0.717) is 17.7 Å². The molecule has 1 aliphatic carbocycles. The Hall–Kier alpha value is -1.91. The van der Waals surface area contributed by atoms with E-state index in [2.05, 4.69) is 22.5 Å². The number of nitrogens with zero attached hydrogens (tertiary/aromatic N) is 1. The molecule has 5 heteroatoms. The molecule has 2 amide bonds. The van der Waals surface area contributed by atoms with Gasteiger partial charge in [0.05, 0.1) is 11.1 Å². The average Bonchev–Trinajstić information content (AvgIpc) is 2.56. The van der Waals surface area contributed by atoms with Crippen LogP contribution < -0.4 is 10.6 Å². The highest BCUT2D eigenvalue weighted by Crippen LogP contribution is 2.17. The third kappa shape index (κ3) is 4.83. The normalized spacial score (nSPS) is 15.3. The number of amides is 2. The molecule has 1 aliphatic rings. The minimum atomic E-state index is -0.173. The molecule has 120 valence electrons. The van der Waals surface area contributed by atoms with Crippen LogP contribution in [0.1, 0.15) is 72.6 Å². The molecule has 0 saturated heterocycles. The van der Waals surface area contributed by atoms with E-state index < -0.39 is 0 Å². The summed E-state index contributed by atoms with van der Waals surface area (Å²) in [5, 5.41) is 5.88. The summed E-state index contributed by atoms with van der Waals surface area (Å²) < 4.78 is 0. The number of nitrogens with one attached hydrogen (secondary N) is 2. The smallest absolute Gasteiger partial charge is 0.253 e. The number of unbranched alkanes of at least 4 members (excludes halogenated alkanes) is 1. The van der Waals surface area contributed by atoms with E-state index in [9.17, 15) is 9.59 Å². The molecule has 1 fully saturated rings. The third-order valence-electron chi connectivity index (χ3n) is 4.02. The van der Waals surface area contributed by atoms with Crippen molar-refractivity contribution < 1.29 is 9.59 Å². The fourth-order valence-electron chi connectivity index (χ4n) is 2.68. The van der Waals surface area contributed by atoms with Gasteiger partial charge in [-0.25, -0.2) is 0 Å². The fraction of sp³-hybridized carbons (Fsp3) is 0.588. The van der Waals surface area contributed by atoms with Crippen LogP contribution in [0.15, 0.2) is 18.5 Å². The monoisotopic (exact) mass is 303 g/mol. The van der Waals surface area contributed by atoms with Gasteiger partial charge in [-0.2, -0.15) is 0 Å². The Labute approximate surface area is 131 Å². The second-order valence-corrected chi connectivity index (χ2v) is 5.88. The number of carbonyl (C=O) groups is 2. The molecule has 0 aromatic carbocycles. The molecule has 2 rings (SSSR count). The molecule has 0 aliphatic heterocycles. The molecule has 0 radical (unpaired) electrons. The van der Waals surface area contributed by atoms with Crippen LogP contribution in [0.5, 0.6) is 0 Å². The summed E-state index contributed by atoms with van der Waals surface area (Å²) in [6.45, 7) is 2.72. The van der Waals surface area contributed by atoms with Gasteiger partial charge in [0.15, 0.2) is 0 Å². The van der Waals surface area contributed by atoms with Gasteiger partial charge in [-0.05, 0) is 25.3 Å². The van der Waals surface area contributed by atoms with Crippen molar-refractivity contribution in [2.24, 2.45) is 0 Å². The van der Waals surface area contributed by atoms with Gasteiger partial charge in [-0.1, -0.05) is 32.6 Å². The van der Waals surface area contributed by atoms with Crippen LogP contribution in [0, 0.1) is 0 Å². The van der Waals surface area contributed by atoms with Gasteiger partial charge in [0.2, 0.25) is 0 Å². The molecule has 1 aromatic heterocycles. The molecule has 22 heavy (non-hydrogen) atoms. The number of hydrogen-bond acceptors (Lipinski definition) is 3. The maximum atomic E-state index is 12.3. The van der Waals surface area contributed by atoms with Crippen LogP contribution in [-0.2, 0) is 0 Å². The molecule has 0 unspecified atom stereocenters. The highest BCUT2D eigenvalue weighted by atomic mass is 16.2. The van der Waals surface area contributed by atoms with Crippen LogP contribution in [0.2, 0.25) is 0 Å². The number of pyridine rings is 1. The van der Waals surface area contributed by atoms with Gasteiger partial charge in [-0.15, -0.1) is 0 Å². The minimum absolute atomic E-state index is 0.136. The second kappa shape index (κ2) is 8.51. The van der Waals surface area contributed by atoms with Gasteiger partial charge in [-0.3, -0.25) is 14.6 Å². The molecule has 1 saturated carbocycles. The highest BCUT2D eigenvalue weighted by molar-refractivity contribution is 5.99. The Balaban J connectivity index is 1.94. The van der Waals surface area contributed by atoms with E-state index >= 15 is 0 Å². The first-order valence-electron chi connectivity index (χ1n) is 8.25. The van der Waals surface area contributed by atoms with Crippen molar-refractivity contribution in [1.82, 2.24) is 15.6 Å². The maximum absolute atomic E-state index is 12.3. The average molecular weight is 303 g/mol. The molecule has 2 N–H and O–H groups in total. The van der Waals surface area contributed by atoms with Crippen molar-refractivity contribution in [1.29, 1.82) is 0 Å². The predicted molar refractivity (Wildman–Crippen MR) is 85.8 cm³/mol. The highest BCUT2D eigenvalue weighted by Gasteiger charge is 2.17. The molecular formula is C17H25N3O2. The zero-order valence-electron chi connectivity index (χ0n) is 13.2. The van der Waals surface area contributed by atoms with E-state index in [-0.39, 0.29) is 17.9 Å². The van der Waals surface area contributed by atoms with Crippen LogP contribution in [0.4, 0.5) is 0 Å². The lowest BCUT2D eigenvalue weighted by Crippen LogP contribution is -2.36. The lowest BCUT2D eigenvalue weighted by molar-refractivity contribution is 0.0927. The quantitative estimate of drug-likeness (QED) is 0.794. The summed E-state index contributed by atoms with van der Waals surface area (Å²) >= 11 is 0. The topological polar surface area (TPSA) is 71.1 Å². The molecule has 0 atom stereocenters. The summed E-state index contributed by atoms with van der Waals surface area (Å²) in [6.07, 6.45) is 10.7. The number of carbonyl (C=O) groups excluding carboxylic acids is 2. The van der Waals surface area contributed by atoms with E-state index in [1.54, 1.807) is 6.07 Å². The van der Waals surface area contributed by atoms with Crippen LogP contribution in [0.25, 0.3) is 0 Å². The first-order valence-corrected chi connectivity index (χ1v) is 8.25. The first-order chi connectivity index (χ1) is 10.7. The fourth-order valence-corrected chi connectivity index (χ4v) is 2.68. The number of aromatic nitrogens is 1. The van der Waals surface area contributed by atoms with Crippen molar-refractivity contribution in [2.45, 2.75) is 57.9 Å². The molecular weight excluding hydrogens is 278 g/mol. The van der Waals surface area contributed by atoms with Gasteiger partial charge in [0.25, 0.3) is 11.8 Å². The summed E-state index contributed by atoms with van der Waals surface area (Å²) in [7, 11) is 0. The molecule has 1 aromatic rings. The zero-order chi connectivity index (χ0) is 15.8. The largest absolute Gasteiger partial charge is 0.352 e. The predicted octanol–water partition coefficient (Wildman–Crippen LogP) is 2.67. The zero-order valence-corrected chi connectivity index (χ0v) is 13.2. The Bertz CT molecular complexity index is 510. The van der Waals surface area contributed by atoms with Crippen LogP contribution >= 0.6 is 0 Å². The molecule has 0 bridgehead atoms. The molecule has 5 nitrogen and oxygen atoms in total. The maximum Gasteiger partial charge on any atom is 0.253 e. The number of hydrogen-bond donors (Lipinski definition) is 2. The Morgan fingerprint density at radius 2 is 1.82 bits per heavy atom. The standard InChI is InChI=1S/C17H25N3O2/c1-2-3-9-19-16(21)13-10-14(12-18-11-13)17(22)20-15-7-5-4-6-8-15/h10-12,15H,2-9H2,1H3,(H,19,21)(H,20,22). The third-order valence-corrected chi connectivity index (χ3v) is 4.02. The molecule has 0 spiro atoms. The second-order valence-electron chi connectivity index (χ2n) is 5.88. The van der Waals surface area contributed by atoms with Crippen molar-refractivity contribution in [3.05, 3.63) is 29.6 Å². The Kier molecular flexibility index (Phi) is 6.37. The van der Waals surface area contributed by atoms with E-state index in [0.717, 1.165) is 25.7 Å². The SMILES string of the molecule is CCCCNC(=O)c1cncc(C(=O)NC2CCCCC2)c1. The van der Waals surface area contributed by atoms with Gasteiger partial charge in [0, 0.05) is 25.0 Å². The minimum Gasteiger partial charge on any atom is -0.352 e. The van der Waals surface area contributed by atoms with Crippen LogP contribution in [0.3, 0.4) is 0 Å². The molecule has 1 heterocycles. The summed E-state index contributed by atoms with van der Waals surface area (Å²) in [5.41, 5.74) is 0.890. The summed E-state index contributed by atoms with van der Waals surface area (Å²) in [5.74, 6) is -0.309.